The molecule has 2 aliphatic heterocycles. The molecule has 10 heteroatoms. The predicted molar refractivity (Wildman–Crippen MR) is 161 cm³/mol. The van der Waals surface area contributed by atoms with Crippen LogP contribution in [0.25, 0.3) is 0 Å². The van der Waals surface area contributed by atoms with E-state index in [1.54, 1.807) is 17.0 Å². The average molecular weight is 598 g/mol. The summed E-state index contributed by atoms with van der Waals surface area (Å²) in [6.45, 7) is 5.45. The van der Waals surface area contributed by atoms with Crippen molar-refractivity contribution >= 4 is 28.1 Å². The van der Waals surface area contributed by atoms with Crippen LogP contribution in [-0.2, 0) is 43.6 Å². The molecule has 2 aromatic carbocycles. The highest BCUT2D eigenvalue weighted by molar-refractivity contribution is 7.92. The molecule has 1 aliphatic carbocycles. The highest BCUT2D eigenvalue weighted by Gasteiger charge is 2.47. The Labute approximate surface area is 249 Å². The number of amides is 2. The van der Waals surface area contributed by atoms with Gasteiger partial charge in [-0.1, -0.05) is 69.2 Å². The first kappa shape index (κ1) is 31.7. The standard InChI is InChI=1S/C31H41N3O4S.CH2O2/c1-4-21(5-2)29-30(35)32-28(25-18-22-10-6-7-11-23(22)19-25)31(36)34(29)20-24-12-8-9-13-27(24)39(37,38)26-14-16-33(3)17-15-26;2-1-3/h6-13,21,25-26,28-29H,4-5,14-20H2,1-3H3,(H,32,35);1H,(H,2,3)/t28-,29-;/m1./s1. The zero-order valence-electron chi connectivity index (χ0n) is 24.7. The molecule has 0 spiro atoms. The van der Waals surface area contributed by atoms with Crippen molar-refractivity contribution in [3.05, 3.63) is 65.2 Å². The topological polar surface area (TPSA) is 124 Å². The number of piperidine rings is 1. The minimum atomic E-state index is -3.58. The van der Waals surface area contributed by atoms with Gasteiger partial charge in [0.25, 0.3) is 6.47 Å². The Morgan fingerprint density at radius 3 is 2.10 bits per heavy atom. The summed E-state index contributed by atoms with van der Waals surface area (Å²) < 4.78 is 27.7. The smallest absolute Gasteiger partial charge is 0.290 e. The second-order valence-corrected chi connectivity index (χ2v) is 13.9. The number of piperazine rings is 1. The number of nitrogens with zero attached hydrogens (tertiary/aromatic N) is 2. The summed E-state index contributed by atoms with van der Waals surface area (Å²) in [5.41, 5.74) is 3.06. The van der Waals surface area contributed by atoms with E-state index in [9.17, 15) is 18.0 Å². The van der Waals surface area contributed by atoms with Crippen molar-refractivity contribution in [2.24, 2.45) is 11.8 Å². The number of carbonyl (C=O) groups is 3. The largest absolute Gasteiger partial charge is 0.483 e. The fourth-order valence-electron chi connectivity index (χ4n) is 6.86. The molecule has 5 rings (SSSR count). The number of benzene rings is 2. The molecule has 2 amide bonds. The molecule has 2 heterocycles. The lowest BCUT2D eigenvalue weighted by atomic mass is 9.86. The Morgan fingerprint density at radius 2 is 1.52 bits per heavy atom. The van der Waals surface area contributed by atoms with Crippen molar-refractivity contribution in [2.45, 2.75) is 81.1 Å². The number of nitrogens with one attached hydrogen (secondary N) is 1. The van der Waals surface area contributed by atoms with E-state index in [-0.39, 0.29) is 36.7 Å². The number of likely N-dealkylation sites (tertiary alicyclic amines) is 1. The van der Waals surface area contributed by atoms with Gasteiger partial charge in [-0.2, -0.15) is 0 Å². The second kappa shape index (κ2) is 13.8. The molecule has 2 aromatic rings. The van der Waals surface area contributed by atoms with Crippen molar-refractivity contribution in [3.63, 3.8) is 0 Å². The van der Waals surface area contributed by atoms with Crippen molar-refractivity contribution < 1.29 is 27.9 Å². The van der Waals surface area contributed by atoms with Crippen LogP contribution in [0.1, 0.15) is 56.2 Å². The lowest BCUT2D eigenvalue weighted by molar-refractivity contribution is -0.154. The SMILES string of the molecule is CCC(CC)[C@@H]1C(=O)N[C@H](C2Cc3ccccc3C2)C(=O)N1Cc1ccccc1S(=O)(=O)C1CCN(C)CC1.O=CO. The number of carbonyl (C=O) groups excluding carboxylic acids is 2. The minimum Gasteiger partial charge on any atom is -0.483 e. The highest BCUT2D eigenvalue weighted by atomic mass is 32.2. The molecule has 2 fully saturated rings. The van der Waals surface area contributed by atoms with Gasteiger partial charge in [-0.15, -0.1) is 0 Å². The van der Waals surface area contributed by atoms with Gasteiger partial charge in [0.05, 0.1) is 10.1 Å². The zero-order chi connectivity index (χ0) is 30.4. The number of carboxylic acid groups (broad SMARTS) is 1. The predicted octanol–water partition coefficient (Wildman–Crippen LogP) is 3.30. The van der Waals surface area contributed by atoms with E-state index in [4.69, 9.17) is 9.90 Å². The monoisotopic (exact) mass is 597 g/mol. The van der Waals surface area contributed by atoms with Gasteiger partial charge in [0.15, 0.2) is 9.84 Å². The molecule has 0 aromatic heterocycles. The summed E-state index contributed by atoms with van der Waals surface area (Å²) in [6, 6.07) is 14.1. The normalized spacial score (nSPS) is 22.0. The number of rotatable bonds is 8. The zero-order valence-corrected chi connectivity index (χ0v) is 25.6. The van der Waals surface area contributed by atoms with E-state index in [0.29, 0.717) is 23.3 Å². The Balaban J connectivity index is 0.00000129. The van der Waals surface area contributed by atoms with Crippen LogP contribution in [0.5, 0.6) is 0 Å². The number of sulfone groups is 1. The van der Waals surface area contributed by atoms with Gasteiger partial charge in [0, 0.05) is 6.54 Å². The van der Waals surface area contributed by atoms with E-state index in [2.05, 4.69) is 22.3 Å². The Bertz CT molecular complexity index is 1340. The maximum Gasteiger partial charge on any atom is 0.290 e. The minimum absolute atomic E-state index is 0.00618. The van der Waals surface area contributed by atoms with Crippen LogP contribution in [0, 0.1) is 11.8 Å². The molecule has 3 aliphatic rings. The van der Waals surface area contributed by atoms with Crippen LogP contribution in [-0.4, -0.2) is 79.1 Å². The van der Waals surface area contributed by atoms with Crippen molar-refractivity contribution in [1.82, 2.24) is 15.1 Å². The van der Waals surface area contributed by atoms with Crippen molar-refractivity contribution in [1.29, 1.82) is 0 Å². The summed E-state index contributed by atoms with van der Waals surface area (Å²) in [4.78, 5) is 40.4. The fourth-order valence-corrected chi connectivity index (χ4v) is 8.81. The molecule has 2 saturated heterocycles. The maximum absolute atomic E-state index is 14.2. The van der Waals surface area contributed by atoms with Gasteiger partial charge in [-0.05, 0) is 80.4 Å². The van der Waals surface area contributed by atoms with Gasteiger partial charge in [0.2, 0.25) is 11.8 Å². The molecular formula is C32H43N3O6S. The third-order valence-corrected chi connectivity index (χ3v) is 11.6. The number of hydrogen-bond donors (Lipinski definition) is 2. The van der Waals surface area contributed by atoms with E-state index in [0.717, 1.165) is 38.8 Å². The van der Waals surface area contributed by atoms with E-state index in [1.807, 2.05) is 45.2 Å². The van der Waals surface area contributed by atoms with E-state index in [1.165, 1.54) is 11.1 Å². The molecule has 42 heavy (non-hydrogen) atoms. The Morgan fingerprint density at radius 1 is 0.976 bits per heavy atom. The number of hydrogen-bond acceptors (Lipinski definition) is 6. The molecule has 9 nitrogen and oxygen atoms in total. The molecule has 228 valence electrons. The third kappa shape index (κ3) is 6.54. The summed E-state index contributed by atoms with van der Waals surface area (Å²) >= 11 is 0. The van der Waals surface area contributed by atoms with E-state index < -0.39 is 27.2 Å². The van der Waals surface area contributed by atoms with Gasteiger partial charge in [-0.3, -0.25) is 14.4 Å². The van der Waals surface area contributed by atoms with Crippen LogP contribution in [0.3, 0.4) is 0 Å². The van der Waals surface area contributed by atoms with Crippen LogP contribution in [0.2, 0.25) is 0 Å². The average Bonchev–Trinajstić information content (AvgIpc) is 3.42. The molecule has 0 radical (unpaired) electrons. The van der Waals surface area contributed by atoms with Gasteiger partial charge < -0.3 is 20.2 Å². The Kier molecular flexibility index (Phi) is 10.4. The molecular weight excluding hydrogens is 554 g/mol. The van der Waals surface area contributed by atoms with Crippen LogP contribution in [0.4, 0.5) is 0 Å². The maximum atomic E-state index is 14.2. The van der Waals surface area contributed by atoms with Crippen molar-refractivity contribution in [2.75, 3.05) is 20.1 Å². The first-order valence-corrected chi connectivity index (χ1v) is 16.5. The summed E-state index contributed by atoms with van der Waals surface area (Å²) in [7, 11) is -1.56. The molecule has 2 atom stereocenters. The van der Waals surface area contributed by atoms with Gasteiger partial charge in [0.1, 0.15) is 12.1 Å². The first-order chi connectivity index (χ1) is 20.2. The van der Waals surface area contributed by atoms with Crippen LogP contribution < -0.4 is 5.32 Å². The molecule has 0 bridgehead atoms. The fraction of sp³-hybridized carbons (Fsp3) is 0.531. The van der Waals surface area contributed by atoms with Gasteiger partial charge in [-0.25, -0.2) is 8.42 Å². The summed E-state index contributed by atoms with van der Waals surface area (Å²) in [5.74, 6) is -0.244. The van der Waals surface area contributed by atoms with E-state index >= 15 is 0 Å². The van der Waals surface area contributed by atoms with Gasteiger partial charge >= 0.3 is 0 Å². The highest BCUT2D eigenvalue weighted by Crippen LogP contribution is 2.34. The lowest BCUT2D eigenvalue weighted by Gasteiger charge is -2.44. The summed E-state index contributed by atoms with van der Waals surface area (Å²) in [5, 5.41) is 9.56. The quantitative estimate of drug-likeness (QED) is 0.448. The lowest BCUT2D eigenvalue weighted by Crippen LogP contribution is -2.66. The number of fused-ring (bicyclic) bond motifs is 1. The molecule has 2 N–H and O–H groups in total. The van der Waals surface area contributed by atoms with Crippen LogP contribution in [0.15, 0.2) is 53.4 Å². The van der Waals surface area contributed by atoms with Crippen molar-refractivity contribution in [3.8, 4) is 0 Å². The molecule has 0 saturated carbocycles. The molecule has 0 unspecified atom stereocenters. The summed E-state index contributed by atoms with van der Waals surface area (Å²) in [6.07, 6.45) is 4.20. The second-order valence-electron chi connectivity index (χ2n) is 11.7. The van der Waals surface area contributed by atoms with Crippen LogP contribution >= 0.6 is 0 Å². The first-order valence-electron chi connectivity index (χ1n) is 14.9. The Hall–Kier alpha value is -3.24. The third-order valence-electron chi connectivity index (χ3n) is 9.22.